The summed E-state index contributed by atoms with van der Waals surface area (Å²) in [7, 11) is 2.86. The highest BCUT2D eigenvalue weighted by Gasteiger charge is 2.30. The van der Waals surface area contributed by atoms with Gasteiger partial charge < -0.3 is 14.8 Å². The van der Waals surface area contributed by atoms with Crippen LogP contribution in [0.2, 0.25) is 0 Å². The quantitative estimate of drug-likeness (QED) is 0.808. The zero-order valence-electron chi connectivity index (χ0n) is 15.5. The number of methoxy groups -OCH3 is 2. The highest BCUT2D eigenvalue weighted by molar-refractivity contribution is 6.02. The zero-order chi connectivity index (χ0) is 20.9. The van der Waals surface area contributed by atoms with Crippen LogP contribution >= 0.6 is 0 Å². The van der Waals surface area contributed by atoms with Crippen LogP contribution in [0.3, 0.4) is 0 Å². The van der Waals surface area contributed by atoms with Gasteiger partial charge in [-0.3, -0.25) is 14.5 Å². The molecule has 0 fully saturated rings. The number of anilines is 2. The Morgan fingerprint density at radius 2 is 1.79 bits per heavy atom. The van der Waals surface area contributed by atoms with Gasteiger partial charge in [-0.2, -0.15) is 13.2 Å². The summed E-state index contributed by atoms with van der Waals surface area (Å²) in [5.41, 5.74) is -0.613. The summed E-state index contributed by atoms with van der Waals surface area (Å²) < 4.78 is 48.8. The maximum atomic E-state index is 12.8. The molecule has 2 aromatic carbocycles. The molecule has 0 aromatic heterocycles. The molecule has 2 aromatic rings. The molecule has 0 spiro atoms. The van der Waals surface area contributed by atoms with Gasteiger partial charge >= 0.3 is 6.18 Å². The number of halogens is 3. The minimum absolute atomic E-state index is 0.0269. The average molecular weight is 396 g/mol. The lowest BCUT2D eigenvalue weighted by atomic mass is 10.2. The SMILES string of the molecule is COc1ccc(OC)c(N(CC(=O)Nc2cccc(C(F)(F)F)c2)C(C)=O)c1. The van der Waals surface area contributed by atoms with Gasteiger partial charge in [0.25, 0.3) is 0 Å². The van der Waals surface area contributed by atoms with E-state index in [1.165, 1.54) is 39.3 Å². The topological polar surface area (TPSA) is 67.9 Å². The molecule has 0 aliphatic carbocycles. The number of rotatable bonds is 6. The maximum Gasteiger partial charge on any atom is 0.416 e. The molecule has 0 aliphatic heterocycles. The van der Waals surface area contributed by atoms with Crippen LogP contribution in [0.15, 0.2) is 42.5 Å². The highest BCUT2D eigenvalue weighted by Crippen LogP contribution is 2.33. The van der Waals surface area contributed by atoms with E-state index < -0.39 is 30.1 Å². The summed E-state index contributed by atoms with van der Waals surface area (Å²) in [6, 6.07) is 8.97. The van der Waals surface area contributed by atoms with Gasteiger partial charge in [0.05, 0.1) is 25.5 Å². The summed E-state index contributed by atoms with van der Waals surface area (Å²) in [6.45, 7) is 0.839. The van der Waals surface area contributed by atoms with Crippen molar-refractivity contribution in [3.63, 3.8) is 0 Å². The number of ether oxygens (including phenoxy) is 2. The number of carbonyl (C=O) groups is 2. The smallest absolute Gasteiger partial charge is 0.416 e. The first-order valence-electron chi connectivity index (χ1n) is 8.13. The van der Waals surface area contributed by atoms with E-state index in [2.05, 4.69) is 5.32 Å². The summed E-state index contributed by atoms with van der Waals surface area (Å²) >= 11 is 0. The first kappa shape index (κ1) is 21.1. The number of nitrogens with zero attached hydrogens (tertiary/aromatic N) is 1. The Hall–Kier alpha value is -3.23. The Balaban J connectivity index is 2.24. The standard InChI is InChI=1S/C19H19F3N2O4/c1-12(25)24(16-10-15(27-2)7-8-17(16)28-3)11-18(26)23-14-6-4-5-13(9-14)19(20,21)22/h4-10H,11H2,1-3H3,(H,23,26). The van der Waals surface area contributed by atoms with Gasteiger partial charge in [-0.15, -0.1) is 0 Å². The fraction of sp³-hybridized carbons (Fsp3) is 0.263. The second-order valence-corrected chi connectivity index (χ2v) is 5.77. The van der Waals surface area contributed by atoms with Crippen LogP contribution in [-0.2, 0) is 15.8 Å². The van der Waals surface area contributed by atoms with Gasteiger partial charge in [0, 0.05) is 18.7 Å². The molecule has 0 bridgehead atoms. The van der Waals surface area contributed by atoms with Gasteiger partial charge in [0.2, 0.25) is 11.8 Å². The van der Waals surface area contributed by atoms with Crippen molar-refractivity contribution in [3.05, 3.63) is 48.0 Å². The van der Waals surface area contributed by atoms with Crippen molar-refractivity contribution < 1.29 is 32.2 Å². The summed E-state index contributed by atoms with van der Waals surface area (Å²) in [5, 5.41) is 2.37. The van der Waals surface area contributed by atoms with E-state index in [0.29, 0.717) is 17.2 Å². The van der Waals surface area contributed by atoms with E-state index in [0.717, 1.165) is 17.0 Å². The summed E-state index contributed by atoms with van der Waals surface area (Å²) in [6.07, 6.45) is -4.53. The van der Waals surface area contributed by atoms with Crippen LogP contribution < -0.4 is 19.7 Å². The molecule has 2 amide bonds. The first-order chi connectivity index (χ1) is 13.2. The highest BCUT2D eigenvalue weighted by atomic mass is 19.4. The number of benzene rings is 2. The number of amides is 2. The third kappa shape index (κ3) is 5.15. The van der Waals surface area contributed by atoms with E-state index >= 15 is 0 Å². The molecule has 2 rings (SSSR count). The second kappa shape index (κ2) is 8.64. The normalized spacial score (nSPS) is 10.9. The molecule has 28 heavy (non-hydrogen) atoms. The van der Waals surface area contributed by atoms with E-state index in [9.17, 15) is 22.8 Å². The van der Waals surface area contributed by atoms with Crippen LogP contribution in [0.1, 0.15) is 12.5 Å². The lowest BCUT2D eigenvalue weighted by molar-refractivity contribution is -0.137. The zero-order valence-corrected chi connectivity index (χ0v) is 15.5. The van der Waals surface area contributed by atoms with Crippen molar-refractivity contribution in [1.29, 1.82) is 0 Å². The molecule has 0 saturated carbocycles. The summed E-state index contributed by atoms with van der Waals surface area (Å²) in [5.74, 6) is -0.339. The van der Waals surface area contributed by atoms with Crippen molar-refractivity contribution in [2.75, 3.05) is 31.0 Å². The molecule has 0 radical (unpaired) electrons. The predicted molar refractivity (Wildman–Crippen MR) is 97.6 cm³/mol. The van der Waals surface area contributed by atoms with Crippen molar-refractivity contribution in [2.24, 2.45) is 0 Å². The number of alkyl halides is 3. The van der Waals surface area contributed by atoms with Crippen LogP contribution in [-0.4, -0.2) is 32.6 Å². The monoisotopic (exact) mass is 396 g/mol. The molecule has 0 atom stereocenters. The molecular weight excluding hydrogens is 377 g/mol. The molecular formula is C19H19F3N2O4. The molecule has 1 N–H and O–H groups in total. The second-order valence-electron chi connectivity index (χ2n) is 5.77. The van der Waals surface area contributed by atoms with Crippen molar-refractivity contribution in [1.82, 2.24) is 0 Å². The number of nitrogens with one attached hydrogen (secondary N) is 1. The van der Waals surface area contributed by atoms with Crippen molar-refractivity contribution >= 4 is 23.2 Å². The van der Waals surface area contributed by atoms with Gasteiger partial charge in [-0.1, -0.05) is 6.07 Å². The maximum absolute atomic E-state index is 12.8. The van der Waals surface area contributed by atoms with Crippen LogP contribution in [0.4, 0.5) is 24.5 Å². The largest absolute Gasteiger partial charge is 0.497 e. The fourth-order valence-corrected chi connectivity index (χ4v) is 2.49. The van der Waals surface area contributed by atoms with Crippen LogP contribution in [0, 0.1) is 0 Å². The molecule has 0 heterocycles. The van der Waals surface area contributed by atoms with Gasteiger partial charge in [-0.25, -0.2) is 0 Å². The van der Waals surface area contributed by atoms with E-state index in [-0.39, 0.29) is 5.69 Å². The van der Waals surface area contributed by atoms with E-state index in [1.807, 2.05) is 0 Å². The molecule has 0 unspecified atom stereocenters. The van der Waals surface area contributed by atoms with Crippen LogP contribution in [0.25, 0.3) is 0 Å². The van der Waals surface area contributed by atoms with E-state index in [1.54, 1.807) is 12.1 Å². The molecule has 150 valence electrons. The summed E-state index contributed by atoms with van der Waals surface area (Å²) in [4.78, 5) is 25.6. The number of carbonyl (C=O) groups excluding carboxylic acids is 2. The average Bonchev–Trinajstić information content (AvgIpc) is 2.65. The Labute approximate surface area is 159 Å². The minimum Gasteiger partial charge on any atom is -0.497 e. The third-order valence-electron chi connectivity index (χ3n) is 3.83. The Morgan fingerprint density at radius 1 is 1.07 bits per heavy atom. The van der Waals surface area contributed by atoms with Gasteiger partial charge in [-0.05, 0) is 30.3 Å². The molecule has 9 heteroatoms. The molecule has 0 aliphatic rings. The predicted octanol–water partition coefficient (Wildman–Crippen LogP) is 3.71. The number of hydrogen-bond acceptors (Lipinski definition) is 4. The Bertz CT molecular complexity index is 868. The molecule has 0 saturated heterocycles. The molecule has 6 nitrogen and oxygen atoms in total. The minimum atomic E-state index is -4.53. The Morgan fingerprint density at radius 3 is 2.36 bits per heavy atom. The van der Waals surface area contributed by atoms with Crippen LogP contribution in [0.5, 0.6) is 11.5 Å². The van der Waals surface area contributed by atoms with Crippen molar-refractivity contribution in [2.45, 2.75) is 13.1 Å². The van der Waals surface area contributed by atoms with Crippen molar-refractivity contribution in [3.8, 4) is 11.5 Å². The third-order valence-corrected chi connectivity index (χ3v) is 3.83. The fourth-order valence-electron chi connectivity index (χ4n) is 2.49. The van der Waals surface area contributed by atoms with Gasteiger partial charge in [0.1, 0.15) is 18.0 Å². The lowest BCUT2D eigenvalue weighted by Crippen LogP contribution is -2.37. The van der Waals surface area contributed by atoms with E-state index in [4.69, 9.17) is 9.47 Å². The lowest BCUT2D eigenvalue weighted by Gasteiger charge is -2.23. The number of hydrogen-bond donors (Lipinski definition) is 1. The first-order valence-corrected chi connectivity index (χ1v) is 8.13. The van der Waals surface area contributed by atoms with Gasteiger partial charge in [0.15, 0.2) is 0 Å². The Kier molecular flexibility index (Phi) is 6.50.